The number of hydrogen-bond acceptors (Lipinski definition) is 4. The summed E-state index contributed by atoms with van der Waals surface area (Å²) in [6, 6.07) is -0.598. The van der Waals surface area contributed by atoms with E-state index >= 15 is 0 Å². The van der Waals surface area contributed by atoms with Gasteiger partial charge in [-0.25, -0.2) is 0 Å². The number of carbonyl (C=O) groups is 1. The van der Waals surface area contributed by atoms with E-state index in [1.165, 1.54) is 0 Å². The molecule has 0 saturated carbocycles. The molecule has 0 aliphatic carbocycles. The van der Waals surface area contributed by atoms with Gasteiger partial charge >= 0.3 is 5.97 Å². The van der Waals surface area contributed by atoms with Crippen LogP contribution in [0.4, 0.5) is 0 Å². The molecule has 0 radical (unpaired) electrons. The van der Waals surface area contributed by atoms with E-state index in [-0.39, 0.29) is 17.8 Å². The maximum Gasteiger partial charge on any atom is 0.322 e. The van der Waals surface area contributed by atoms with Gasteiger partial charge in [0.25, 0.3) is 0 Å². The molecule has 1 unspecified atom stereocenters. The monoisotopic (exact) mass is 230 g/mol. The second-order valence-corrected chi connectivity index (χ2v) is 3.63. The summed E-state index contributed by atoms with van der Waals surface area (Å²) in [6.45, 7) is 4.59. The van der Waals surface area contributed by atoms with Gasteiger partial charge in [-0.3, -0.25) is 9.79 Å². The summed E-state index contributed by atoms with van der Waals surface area (Å²) >= 11 is 0. The highest BCUT2D eigenvalue weighted by Crippen LogP contribution is 2.11. The highest BCUT2D eigenvalue weighted by atomic mass is 16.5. The molecule has 0 aliphatic rings. The number of nitrogens with zero attached hydrogens (tertiary/aromatic N) is 1. The van der Waals surface area contributed by atoms with Gasteiger partial charge in [-0.05, 0) is 19.3 Å². The third-order valence-electron chi connectivity index (χ3n) is 2.29. The topological polar surface area (TPSA) is 117 Å². The summed E-state index contributed by atoms with van der Waals surface area (Å²) in [7, 11) is 0. The zero-order valence-electron chi connectivity index (χ0n) is 9.98. The summed E-state index contributed by atoms with van der Waals surface area (Å²) < 4.78 is 4.83. The molecule has 94 valence electrons. The normalized spacial score (nSPS) is 13.9. The number of esters is 1. The largest absolute Gasteiger partial charge is 0.465 e. The van der Waals surface area contributed by atoms with Crippen LogP contribution in [0.1, 0.15) is 26.7 Å². The van der Waals surface area contributed by atoms with E-state index in [0.717, 1.165) is 6.42 Å². The molecule has 6 heteroatoms. The van der Waals surface area contributed by atoms with Gasteiger partial charge in [0.1, 0.15) is 6.04 Å². The average Bonchev–Trinajstić information content (AvgIpc) is 2.23. The van der Waals surface area contributed by atoms with Crippen LogP contribution in [-0.4, -0.2) is 31.1 Å². The highest BCUT2D eigenvalue weighted by Gasteiger charge is 2.19. The van der Waals surface area contributed by atoms with E-state index in [4.69, 9.17) is 21.9 Å². The van der Waals surface area contributed by atoms with Gasteiger partial charge in [-0.15, -0.1) is 0 Å². The fourth-order valence-corrected chi connectivity index (χ4v) is 1.31. The Morgan fingerprint density at radius 2 is 2.00 bits per heavy atom. The third-order valence-corrected chi connectivity index (χ3v) is 2.29. The Kier molecular flexibility index (Phi) is 7.28. The molecule has 0 spiro atoms. The predicted octanol–water partition coefficient (Wildman–Crippen LogP) is -0.433. The fraction of sp³-hybridized carbons (Fsp3) is 0.800. The Balaban J connectivity index is 4.10. The lowest BCUT2D eigenvalue weighted by Crippen LogP contribution is -2.35. The second kappa shape index (κ2) is 7.92. The molecule has 0 heterocycles. The van der Waals surface area contributed by atoms with Gasteiger partial charge in [0.2, 0.25) is 0 Å². The van der Waals surface area contributed by atoms with Crippen molar-refractivity contribution in [2.45, 2.75) is 32.7 Å². The fourth-order valence-electron chi connectivity index (χ4n) is 1.31. The van der Waals surface area contributed by atoms with Gasteiger partial charge < -0.3 is 21.9 Å². The van der Waals surface area contributed by atoms with Crippen LogP contribution in [0.25, 0.3) is 0 Å². The standard InChI is InChI=1S/C10H22N4O2/c1-3-7(6-14-10(12)13)5-8(11)9(15)16-4-2/h7-8H,3-6,11H2,1-2H3,(H4,12,13,14)/t7?,8-/m0/s1. The molecule has 16 heavy (non-hydrogen) atoms. The molecule has 0 aromatic carbocycles. The first-order valence-electron chi connectivity index (χ1n) is 5.48. The van der Waals surface area contributed by atoms with E-state index in [2.05, 4.69) is 4.99 Å². The number of hydrogen-bond donors (Lipinski definition) is 3. The molecule has 0 amide bonds. The van der Waals surface area contributed by atoms with E-state index < -0.39 is 6.04 Å². The SMILES string of the molecule is CCOC(=O)[C@@H](N)CC(CC)CN=C(N)N. The number of aliphatic imine (C=N–C) groups is 1. The smallest absolute Gasteiger partial charge is 0.322 e. The summed E-state index contributed by atoms with van der Waals surface area (Å²) in [5, 5.41) is 0. The van der Waals surface area contributed by atoms with Crippen molar-refractivity contribution < 1.29 is 9.53 Å². The zero-order valence-corrected chi connectivity index (χ0v) is 9.98. The Morgan fingerprint density at radius 3 is 2.44 bits per heavy atom. The van der Waals surface area contributed by atoms with Gasteiger partial charge in [0, 0.05) is 6.54 Å². The minimum Gasteiger partial charge on any atom is -0.465 e. The van der Waals surface area contributed by atoms with Crippen LogP contribution < -0.4 is 17.2 Å². The Bertz CT molecular complexity index is 239. The van der Waals surface area contributed by atoms with Crippen LogP contribution in [-0.2, 0) is 9.53 Å². The van der Waals surface area contributed by atoms with E-state index in [9.17, 15) is 4.79 Å². The van der Waals surface area contributed by atoms with Crippen molar-refractivity contribution in [1.82, 2.24) is 0 Å². The van der Waals surface area contributed by atoms with Crippen molar-refractivity contribution >= 4 is 11.9 Å². The molecule has 0 rings (SSSR count). The van der Waals surface area contributed by atoms with Crippen molar-refractivity contribution in [3.05, 3.63) is 0 Å². The van der Waals surface area contributed by atoms with E-state index in [1.54, 1.807) is 6.92 Å². The van der Waals surface area contributed by atoms with Gasteiger partial charge in [0.05, 0.1) is 6.61 Å². The van der Waals surface area contributed by atoms with Crippen LogP contribution in [0.5, 0.6) is 0 Å². The lowest BCUT2D eigenvalue weighted by atomic mass is 9.98. The molecular formula is C10H22N4O2. The van der Waals surface area contributed by atoms with Crippen LogP contribution in [0.2, 0.25) is 0 Å². The van der Waals surface area contributed by atoms with Crippen molar-refractivity contribution in [3.8, 4) is 0 Å². The number of carbonyl (C=O) groups excluding carboxylic acids is 1. The minimum absolute atomic E-state index is 0.0585. The first kappa shape index (κ1) is 14.7. The summed E-state index contributed by atoms with van der Waals surface area (Å²) in [5.74, 6) is -0.115. The summed E-state index contributed by atoms with van der Waals surface area (Å²) in [6.07, 6.45) is 1.40. The maximum absolute atomic E-state index is 11.3. The number of ether oxygens (including phenoxy) is 1. The lowest BCUT2D eigenvalue weighted by Gasteiger charge is -2.16. The molecule has 0 fully saturated rings. The molecule has 0 aromatic heterocycles. The Labute approximate surface area is 96.2 Å². The quantitative estimate of drug-likeness (QED) is 0.311. The number of nitrogens with two attached hydrogens (primary N) is 3. The molecule has 6 N–H and O–H groups in total. The van der Waals surface area contributed by atoms with Gasteiger partial charge in [-0.1, -0.05) is 13.3 Å². The first-order chi connectivity index (χ1) is 7.51. The maximum atomic E-state index is 11.3. The molecule has 0 bridgehead atoms. The highest BCUT2D eigenvalue weighted by molar-refractivity contribution is 5.76. The lowest BCUT2D eigenvalue weighted by molar-refractivity contribution is -0.145. The van der Waals surface area contributed by atoms with Crippen molar-refractivity contribution in [3.63, 3.8) is 0 Å². The van der Waals surface area contributed by atoms with Crippen LogP contribution in [0.3, 0.4) is 0 Å². The van der Waals surface area contributed by atoms with E-state index in [1.807, 2.05) is 6.92 Å². The van der Waals surface area contributed by atoms with Crippen LogP contribution >= 0.6 is 0 Å². The molecule has 0 aromatic rings. The summed E-state index contributed by atoms with van der Waals surface area (Å²) in [4.78, 5) is 15.2. The first-order valence-corrected chi connectivity index (χ1v) is 5.48. The average molecular weight is 230 g/mol. The van der Waals surface area contributed by atoms with Gasteiger partial charge in [-0.2, -0.15) is 0 Å². The molecule has 6 nitrogen and oxygen atoms in total. The van der Waals surface area contributed by atoms with Crippen LogP contribution in [0.15, 0.2) is 4.99 Å². The molecular weight excluding hydrogens is 208 g/mol. The van der Waals surface area contributed by atoms with Crippen molar-refractivity contribution in [1.29, 1.82) is 0 Å². The number of guanidine groups is 1. The van der Waals surface area contributed by atoms with E-state index in [0.29, 0.717) is 19.6 Å². The molecule has 2 atom stereocenters. The predicted molar refractivity (Wildman–Crippen MR) is 63.7 cm³/mol. The second-order valence-electron chi connectivity index (χ2n) is 3.63. The van der Waals surface area contributed by atoms with Crippen molar-refractivity contribution in [2.24, 2.45) is 28.1 Å². The Hall–Kier alpha value is -1.30. The molecule has 0 saturated heterocycles. The minimum atomic E-state index is -0.598. The Morgan fingerprint density at radius 1 is 1.38 bits per heavy atom. The molecule has 0 aliphatic heterocycles. The van der Waals surface area contributed by atoms with Crippen LogP contribution in [0, 0.1) is 5.92 Å². The van der Waals surface area contributed by atoms with Crippen molar-refractivity contribution in [2.75, 3.05) is 13.2 Å². The summed E-state index contributed by atoms with van der Waals surface area (Å²) in [5.41, 5.74) is 16.2. The number of rotatable bonds is 7. The third kappa shape index (κ3) is 6.23. The van der Waals surface area contributed by atoms with Gasteiger partial charge in [0.15, 0.2) is 5.96 Å². The zero-order chi connectivity index (χ0) is 12.6.